The highest BCUT2D eigenvalue weighted by Crippen LogP contribution is 2.22. The van der Waals surface area contributed by atoms with E-state index in [9.17, 15) is 9.18 Å². The number of hydrogen-bond donors (Lipinski definition) is 1. The zero-order chi connectivity index (χ0) is 19.1. The average Bonchev–Trinajstić information content (AvgIpc) is 3.11. The van der Waals surface area contributed by atoms with Crippen LogP contribution < -0.4 is 5.32 Å². The number of para-hydroxylation sites is 1. The first-order chi connectivity index (χ1) is 13.2. The van der Waals surface area contributed by atoms with Gasteiger partial charge in [0.15, 0.2) is 5.16 Å². The van der Waals surface area contributed by atoms with E-state index in [-0.39, 0.29) is 17.5 Å². The van der Waals surface area contributed by atoms with Gasteiger partial charge in [-0.05, 0) is 36.2 Å². The van der Waals surface area contributed by atoms with E-state index in [0.29, 0.717) is 18.1 Å². The molecule has 1 N–H and O–H groups in total. The van der Waals surface area contributed by atoms with Crippen LogP contribution in [0.25, 0.3) is 5.69 Å². The summed E-state index contributed by atoms with van der Waals surface area (Å²) in [5, 5.41) is 12.0. The summed E-state index contributed by atoms with van der Waals surface area (Å²) >= 11 is 1.36. The van der Waals surface area contributed by atoms with Crippen LogP contribution in [0.2, 0.25) is 0 Å². The van der Waals surface area contributed by atoms with E-state index < -0.39 is 0 Å². The van der Waals surface area contributed by atoms with Gasteiger partial charge in [-0.1, -0.05) is 49.0 Å². The number of thioether (sulfide) groups is 1. The molecule has 1 aromatic heterocycles. The standard InChI is InChI=1S/C20H21FN4OS/c1-2-18-23-24-20(25(18)17-6-4-3-5-7-17)27-14-19(26)22-13-12-15-8-10-16(21)11-9-15/h3-11H,2,12-14H2,1H3,(H,22,26). The largest absolute Gasteiger partial charge is 0.355 e. The number of carbonyl (C=O) groups is 1. The maximum absolute atomic E-state index is 12.9. The van der Waals surface area contributed by atoms with Crippen molar-refractivity contribution in [2.24, 2.45) is 0 Å². The number of amides is 1. The Balaban J connectivity index is 1.54. The molecule has 0 spiro atoms. The van der Waals surface area contributed by atoms with Crippen molar-refractivity contribution in [1.29, 1.82) is 0 Å². The SMILES string of the molecule is CCc1nnc(SCC(=O)NCCc2ccc(F)cc2)n1-c1ccccc1. The van der Waals surface area contributed by atoms with E-state index in [4.69, 9.17) is 0 Å². The predicted octanol–water partition coefficient (Wildman–Crippen LogP) is 3.42. The zero-order valence-electron chi connectivity index (χ0n) is 15.1. The van der Waals surface area contributed by atoms with Gasteiger partial charge in [-0.15, -0.1) is 10.2 Å². The van der Waals surface area contributed by atoms with Crippen LogP contribution in [0.1, 0.15) is 18.3 Å². The molecule has 0 saturated heterocycles. The molecule has 1 heterocycles. The summed E-state index contributed by atoms with van der Waals surface area (Å²) in [6, 6.07) is 16.2. The Bertz CT molecular complexity index is 881. The molecular weight excluding hydrogens is 363 g/mol. The van der Waals surface area contributed by atoms with Crippen molar-refractivity contribution >= 4 is 17.7 Å². The topological polar surface area (TPSA) is 59.8 Å². The maximum atomic E-state index is 12.9. The number of nitrogens with zero attached hydrogens (tertiary/aromatic N) is 3. The number of rotatable bonds is 8. The predicted molar refractivity (Wildman–Crippen MR) is 105 cm³/mol. The van der Waals surface area contributed by atoms with Crippen molar-refractivity contribution < 1.29 is 9.18 Å². The molecule has 2 aromatic carbocycles. The van der Waals surface area contributed by atoms with Crippen molar-refractivity contribution in [3.05, 3.63) is 71.8 Å². The number of hydrogen-bond acceptors (Lipinski definition) is 4. The second kappa shape index (κ2) is 9.32. The van der Waals surface area contributed by atoms with E-state index in [1.807, 2.05) is 41.8 Å². The van der Waals surface area contributed by atoms with Crippen molar-refractivity contribution in [2.75, 3.05) is 12.3 Å². The van der Waals surface area contributed by atoms with Gasteiger partial charge >= 0.3 is 0 Å². The van der Waals surface area contributed by atoms with Crippen molar-refractivity contribution in [1.82, 2.24) is 20.1 Å². The quantitative estimate of drug-likeness (QED) is 0.605. The van der Waals surface area contributed by atoms with E-state index in [0.717, 1.165) is 23.5 Å². The highest BCUT2D eigenvalue weighted by molar-refractivity contribution is 7.99. The molecule has 3 aromatic rings. The van der Waals surface area contributed by atoms with Gasteiger partial charge < -0.3 is 5.32 Å². The van der Waals surface area contributed by atoms with Crippen LogP contribution in [-0.2, 0) is 17.6 Å². The second-order valence-electron chi connectivity index (χ2n) is 5.94. The van der Waals surface area contributed by atoms with Crippen LogP contribution >= 0.6 is 11.8 Å². The van der Waals surface area contributed by atoms with Gasteiger partial charge in [-0.3, -0.25) is 9.36 Å². The van der Waals surface area contributed by atoms with Gasteiger partial charge in [0.1, 0.15) is 11.6 Å². The van der Waals surface area contributed by atoms with E-state index in [2.05, 4.69) is 15.5 Å². The van der Waals surface area contributed by atoms with E-state index in [1.165, 1.54) is 23.9 Å². The molecule has 27 heavy (non-hydrogen) atoms. The van der Waals surface area contributed by atoms with Crippen LogP contribution in [0, 0.1) is 5.82 Å². The molecule has 5 nitrogen and oxygen atoms in total. The number of aromatic nitrogens is 3. The van der Waals surface area contributed by atoms with Crippen molar-refractivity contribution in [3.63, 3.8) is 0 Å². The lowest BCUT2D eigenvalue weighted by molar-refractivity contribution is -0.118. The molecule has 0 aliphatic carbocycles. The molecule has 3 rings (SSSR count). The minimum absolute atomic E-state index is 0.0669. The summed E-state index contributed by atoms with van der Waals surface area (Å²) in [5.74, 6) is 0.800. The van der Waals surface area contributed by atoms with Gasteiger partial charge in [-0.25, -0.2) is 4.39 Å². The number of halogens is 1. The molecule has 0 atom stereocenters. The van der Waals surface area contributed by atoms with Crippen LogP contribution in [0.5, 0.6) is 0 Å². The fourth-order valence-corrected chi connectivity index (χ4v) is 3.44. The summed E-state index contributed by atoms with van der Waals surface area (Å²) < 4.78 is 14.9. The highest BCUT2D eigenvalue weighted by Gasteiger charge is 2.14. The van der Waals surface area contributed by atoms with Gasteiger partial charge in [-0.2, -0.15) is 0 Å². The first-order valence-electron chi connectivity index (χ1n) is 8.81. The maximum Gasteiger partial charge on any atom is 0.230 e. The lowest BCUT2D eigenvalue weighted by Crippen LogP contribution is -2.27. The fourth-order valence-electron chi connectivity index (χ4n) is 2.64. The molecule has 0 bridgehead atoms. The Labute approximate surface area is 162 Å². The third-order valence-corrected chi connectivity index (χ3v) is 4.94. The number of nitrogens with one attached hydrogen (secondary N) is 1. The molecule has 0 aliphatic rings. The van der Waals surface area contributed by atoms with Gasteiger partial charge in [0.25, 0.3) is 0 Å². The smallest absolute Gasteiger partial charge is 0.230 e. The molecule has 7 heteroatoms. The Kier molecular flexibility index (Phi) is 6.59. The number of carbonyl (C=O) groups excluding carboxylic acids is 1. The van der Waals surface area contributed by atoms with Crippen molar-refractivity contribution in [2.45, 2.75) is 24.9 Å². The molecule has 0 radical (unpaired) electrons. The van der Waals surface area contributed by atoms with E-state index in [1.54, 1.807) is 12.1 Å². The van der Waals surface area contributed by atoms with E-state index >= 15 is 0 Å². The molecule has 1 amide bonds. The average molecular weight is 384 g/mol. The third kappa shape index (κ3) is 5.17. The van der Waals surface area contributed by atoms with Gasteiger partial charge in [0.05, 0.1) is 5.75 Å². The molecule has 140 valence electrons. The molecule has 0 fully saturated rings. The summed E-state index contributed by atoms with van der Waals surface area (Å²) in [5.41, 5.74) is 1.97. The van der Waals surface area contributed by atoms with Crippen LogP contribution in [-0.4, -0.2) is 33.0 Å². The Hall–Kier alpha value is -2.67. The second-order valence-corrected chi connectivity index (χ2v) is 6.88. The third-order valence-electron chi connectivity index (χ3n) is 4.01. The van der Waals surface area contributed by atoms with Crippen LogP contribution in [0.4, 0.5) is 4.39 Å². The summed E-state index contributed by atoms with van der Waals surface area (Å²) in [6.45, 7) is 2.54. The first-order valence-corrected chi connectivity index (χ1v) is 9.79. The Morgan fingerprint density at radius 1 is 1.11 bits per heavy atom. The molecular formula is C20H21FN4OS. The zero-order valence-corrected chi connectivity index (χ0v) is 15.9. The summed E-state index contributed by atoms with van der Waals surface area (Å²) in [6.07, 6.45) is 1.42. The monoisotopic (exact) mass is 384 g/mol. The van der Waals surface area contributed by atoms with Crippen LogP contribution in [0.15, 0.2) is 59.8 Å². The lowest BCUT2D eigenvalue weighted by atomic mass is 10.1. The Morgan fingerprint density at radius 2 is 1.85 bits per heavy atom. The van der Waals surface area contributed by atoms with Gasteiger partial charge in [0, 0.05) is 18.7 Å². The fraction of sp³-hybridized carbons (Fsp3) is 0.250. The van der Waals surface area contributed by atoms with Gasteiger partial charge in [0.2, 0.25) is 5.91 Å². The summed E-state index contributed by atoms with van der Waals surface area (Å²) in [7, 11) is 0. The number of aryl methyl sites for hydroxylation is 1. The van der Waals surface area contributed by atoms with Crippen LogP contribution in [0.3, 0.4) is 0 Å². The highest BCUT2D eigenvalue weighted by atomic mass is 32.2. The number of benzene rings is 2. The normalized spacial score (nSPS) is 10.7. The minimum atomic E-state index is -0.256. The Morgan fingerprint density at radius 3 is 2.56 bits per heavy atom. The molecule has 0 unspecified atom stereocenters. The summed E-state index contributed by atoms with van der Waals surface area (Å²) in [4.78, 5) is 12.1. The lowest BCUT2D eigenvalue weighted by Gasteiger charge is -2.09. The molecule has 0 saturated carbocycles. The minimum Gasteiger partial charge on any atom is -0.355 e. The molecule has 0 aliphatic heterocycles. The van der Waals surface area contributed by atoms with Crippen molar-refractivity contribution in [3.8, 4) is 5.69 Å². The first kappa shape index (κ1) is 19.1.